The van der Waals surface area contributed by atoms with Crippen LogP contribution in [0, 0.1) is 0 Å². The molecule has 0 spiro atoms. The normalized spacial score (nSPS) is 13.1. The zero-order valence-corrected chi connectivity index (χ0v) is 8.88. The fourth-order valence-electron chi connectivity index (χ4n) is 1.46. The molecule has 3 heteroatoms. The number of nitrogens with zero attached hydrogens (tertiary/aromatic N) is 1. The maximum absolute atomic E-state index is 9.83. The zero-order valence-electron chi connectivity index (χ0n) is 8.88. The van der Waals surface area contributed by atoms with Crippen molar-refractivity contribution in [2.45, 2.75) is 6.10 Å². The van der Waals surface area contributed by atoms with E-state index < -0.39 is 6.10 Å². The van der Waals surface area contributed by atoms with E-state index in [2.05, 4.69) is 9.98 Å². The Hall–Kier alpha value is -1.87. The van der Waals surface area contributed by atoms with E-state index in [4.69, 9.17) is 0 Å². The first-order valence-electron chi connectivity index (χ1n) is 5.22. The van der Waals surface area contributed by atoms with E-state index >= 15 is 0 Å². The van der Waals surface area contributed by atoms with Crippen LogP contribution in [0.1, 0.15) is 17.4 Å². The van der Waals surface area contributed by atoms with Crippen LogP contribution in [0.3, 0.4) is 0 Å². The number of hydrogen-bond acceptors (Lipinski definition) is 2. The Morgan fingerprint density at radius 2 is 2.00 bits per heavy atom. The number of aliphatic hydroxyl groups is 1. The first-order chi connectivity index (χ1) is 7.86. The second-order valence-electron chi connectivity index (χ2n) is 3.55. The molecule has 0 amide bonds. The molecule has 1 heterocycles. The number of hydrogen-bond donors (Lipinski definition) is 2. The molecule has 3 nitrogen and oxygen atoms in total. The minimum atomic E-state index is -0.535. The second-order valence-corrected chi connectivity index (χ2v) is 3.55. The summed E-state index contributed by atoms with van der Waals surface area (Å²) in [6.07, 6.45) is 3.04. The van der Waals surface area contributed by atoms with E-state index in [0.29, 0.717) is 6.54 Å². The minimum Gasteiger partial charge on any atom is -0.386 e. The van der Waals surface area contributed by atoms with E-state index in [0.717, 1.165) is 11.3 Å². The van der Waals surface area contributed by atoms with Gasteiger partial charge in [-0.3, -0.25) is 4.99 Å². The van der Waals surface area contributed by atoms with Crippen molar-refractivity contribution in [3.8, 4) is 0 Å². The van der Waals surface area contributed by atoms with Crippen LogP contribution in [0.4, 0.5) is 0 Å². The first kappa shape index (κ1) is 10.6. The average molecular weight is 214 g/mol. The van der Waals surface area contributed by atoms with Crippen LogP contribution < -0.4 is 0 Å². The molecule has 0 bridgehead atoms. The van der Waals surface area contributed by atoms with Gasteiger partial charge >= 0.3 is 0 Å². The minimum absolute atomic E-state index is 0.378. The third kappa shape index (κ3) is 2.81. The molecule has 0 aliphatic rings. The molecular weight excluding hydrogens is 200 g/mol. The predicted octanol–water partition coefficient (Wildman–Crippen LogP) is 2.17. The number of aromatic amines is 1. The Labute approximate surface area is 94.5 Å². The smallest absolute Gasteiger partial charge is 0.0985 e. The topological polar surface area (TPSA) is 48.4 Å². The number of H-pyrrole nitrogens is 1. The van der Waals surface area contributed by atoms with Crippen LogP contribution >= 0.6 is 0 Å². The maximum atomic E-state index is 9.83. The van der Waals surface area contributed by atoms with Crippen LogP contribution in [0.25, 0.3) is 0 Å². The van der Waals surface area contributed by atoms with E-state index in [1.54, 1.807) is 6.21 Å². The Balaban J connectivity index is 1.91. The lowest BCUT2D eigenvalue weighted by Gasteiger charge is -2.06. The molecule has 2 N–H and O–H groups in total. The van der Waals surface area contributed by atoms with Gasteiger partial charge in [-0.25, -0.2) is 0 Å². The molecule has 0 aliphatic carbocycles. The first-order valence-corrected chi connectivity index (χ1v) is 5.22. The van der Waals surface area contributed by atoms with Gasteiger partial charge in [-0.1, -0.05) is 30.3 Å². The van der Waals surface area contributed by atoms with Crippen molar-refractivity contribution in [2.75, 3.05) is 6.54 Å². The summed E-state index contributed by atoms with van der Waals surface area (Å²) in [7, 11) is 0. The van der Waals surface area contributed by atoms with Crippen LogP contribution in [0.15, 0.2) is 53.7 Å². The van der Waals surface area contributed by atoms with E-state index in [1.807, 2.05) is 48.7 Å². The molecule has 1 aromatic carbocycles. The summed E-state index contributed by atoms with van der Waals surface area (Å²) in [4.78, 5) is 7.20. The third-order valence-corrected chi connectivity index (χ3v) is 2.32. The zero-order chi connectivity index (χ0) is 11.2. The molecule has 0 aliphatic heterocycles. The average Bonchev–Trinajstić information content (AvgIpc) is 2.83. The summed E-state index contributed by atoms with van der Waals surface area (Å²) < 4.78 is 0. The molecule has 82 valence electrons. The fourth-order valence-corrected chi connectivity index (χ4v) is 1.46. The molecule has 0 saturated carbocycles. The van der Waals surface area contributed by atoms with Gasteiger partial charge in [0.1, 0.15) is 0 Å². The summed E-state index contributed by atoms with van der Waals surface area (Å²) in [5.41, 5.74) is 1.84. The number of rotatable bonds is 4. The monoisotopic (exact) mass is 214 g/mol. The van der Waals surface area contributed by atoms with Gasteiger partial charge in [-0.2, -0.15) is 0 Å². The van der Waals surface area contributed by atoms with Crippen molar-refractivity contribution in [1.82, 2.24) is 4.98 Å². The quantitative estimate of drug-likeness (QED) is 0.753. The van der Waals surface area contributed by atoms with Gasteiger partial charge in [-0.15, -0.1) is 0 Å². The van der Waals surface area contributed by atoms with Gasteiger partial charge in [0.2, 0.25) is 0 Å². The molecule has 0 fully saturated rings. The molecular formula is C13H14N2O. The standard InChI is InChI=1S/C13H14N2O/c16-13(11-5-2-1-3-6-11)10-14-9-12-7-4-8-15-12/h1-9,13,15-16H,10H2/t13-/m1/s1. The number of benzene rings is 1. The van der Waals surface area contributed by atoms with Crippen molar-refractivity contribution < 1.29 is 5.11 Å². The van der Waals surface area contributed by atoms with E-state index in [1.165, 1.54) is 0 Å². The number of nitrogens with one attached hydrogen (secondary N) is 1. The Morgan fingerprint density at radius 1 is 1.19 bits per heavy atom. The number of aromatic nitrogens is 1. The van der Waals surface area contributed by atoms with Crippen molar-refractivity contribution in [1.29, 1.82) is 0 Å². The molecule has 0 radical (unpaired) electrons. The summed E-state index contributed by atoms with van der Waals surface area (Å²) in [5, 5.41) is 9.83. The van der Waals surface area contributed by atoms with Gasteiger partial charge in [0.25, 0.3) is 0 Å². The van der Waals surface area contributed by atoms with Crippen LogP contribution in [-0.4, -0.2) is 22.8 Å². The van der Waals surface area contributed by atoms with Gasteiger partial charge in [-0.05, 0) is 17.7 Å². The summed E-state index contributed by atoms with van der Waals surface area (Å²) in [6, 6.07) is 13.4. The Bertz CT molecular complexity index is 434. The van der Waals surface area contributed by atoms with Crippen LogP contribution in [-0.2, 0) is 0 Å². The van der Waals surface area contributed by atoms with Crippen molar-refractivity contribution >= 4 is 6.21 Å². The van der Waals surface area contributed by atoms with Crippen LogP contribution in [0.2, 0.25) is 0 Å². The molecule has 0 unspecified atom stereocenters. The van der Waals surface area contributed by atoms with Gasteiger partial charge in [0.15, 0.2) is 0 Å². The highest BCUT2D eigenvalue weighted by atomic mass is 16.3. The summed E-state index contributed by atoms with van der Waals surface area (Å²) >= 11 is 0. The predicted molar refractivity (Wildman–Crippen MR) is 64.7 cm³/mol. The lowest BCUT2D eigenvalue weighted by molar-refractivity contribution is 0.187. The van der Waals surface area contributed by atoms with Crippen LogP contribution in [0.5, 0.6) is 0 Å². The summed E-state index contributed by atoms with van der Waals surface area (Å²) in [6.45, 7) is 0.378. The summed E-state index contributed by atoms with van der Waals surface area (Å²) in [5.74, 6) is 0. The third-order valence-electron chi connectivity index (χ3n) is 2.32. The molecule has 2 rings (SSSR count). The van der Waals surface area contributed by atoms with Crippen molar-refractivity contribution in [3.05, 3.63) is 59.9 Å². The highest BCUT2D eigenvalue weighted by Crippen LogP contribution is 2.11. The molecule has 16 heavy (non-hydrogen) atoms. The maximum Gasteiger partial charge on any atom is 0.0985 e. The lowest BCUT2D eigenvalue weighted by atomic mass is 10.1. The molecule has 1 aromatic heterocycles. The van der Waals surface area contributed by atoms with Crippen molar-refractivity contribution in [2.24, 2.45) is 4.99 Å². The van der Waals surface area contributed by atoms with Crippen molar-refractivity contribution in [3.63, 3.8) is 0 Å². The van der Waals surface area contributed by atoms with E-state index in [-0.39, 0.29) is 0 Å². The second kappa shape index (κ2) is 5.28. The molecule has 0 saturated heterocycles. The van der Waals surface area contributed by atoms with Gasteiger partial charge in [0, 0.05) is 12.4 Å². The highest BCUT2D eigenvalue weighted by molar-refractivity contribution is 5.76. The lowest BCUT2D eigenvalue weighted by Crippen LogP contribution is -2.01. The van der Waals surface area contributed by atoms with E-state index in [9.17, 15) is 5.11 Å². The van der Waals surface area contributed by atoms with Gasteiger partial charge < -0.3 is 10.1 Å². The highest BCUT2D eigenvalue weighted by Gasteiger charge is 2.04. The molecule has 2 aromatic rings. The Morgan fingerprint density at radius 3 is 2.69 bits per heavy atom. The van der Waals surface area contributed by atoms with Gasteiger partial charge in [0.05, 0.1) is 18.3 Å². The fraction of sp³-hybridized carbons (Fsp3) is 0.154. The SMILES string of the molecule is O[C@H](CN=Cc1ccc[nH]1)c1ccccc1. The number of aliphatic hydroxyl groups excluding tert-OH is 1. The molecule has 1 atom stereocenters. The largest absolute Gasteiger partial charge is 0.386 e. The Kier molecular flexibility index (Phi) is 3.51. The number of aliphatic imine (C=N–C) groups is 1.